The number of halogens is 1. The quantitative estimate of drug-likeness (QED) is 0.238. The maximum absolute atomic E-state index is 9.00. The molecule has 2 saturated heterocycles. The third-order valence-corrected chi connectivity index (χ3v) is 7.69. The number of nitrogens with zero attached hydrogens (tertiary/aromatic N) is 2. The van der Waals surface area contributed by atoms with Crippen molar-refractivity contribution in [1.82, 2.24) is 41.7 Å². The van der Waals surface area contributed by atoms with Crippen molar-refractivity contribution in [2.75, 3.05) is 118 Å². The number of aliphatic carboxylic acids is 1. The monoisotopic (exact) mass is 670 g/mol. The van der Waals surface area contributed by atoms with E-state index in [-0.39, 0.29) is 17.0 Å². The predicted octanol–water partition coefficient (Wildman–Crippen LogP) is 1.17. The fourth-order valence-electron chi connectivity index (χ4n) is 5.23. The van der Waals surface area contributed by atoms with Crippen molar-refractivity contribution in [3.05, 3.63) is 35.4 Å². The lowest BCUT2D eigenvalue weighted by Gasteiger charge is -2.24. The zero-order chi connectivity index (χ0) is 29.9. The number of hydrogen-bond donors (Lipinski definition) is 7. The number of rotatable bonds is 6. The van der Waals surface area contributed by atoms with Crippen LogP contribution in [0, 0.1) is 0 Å². The summed E-state index contributed by atoms with van der Waals surface area (Å²) in [5.74, 6) is -0.833. The zero-order valence-electron chi connectivity index (χ0n) is 26.9. The van der Waals surface area contributed by atoms with Gasteiger partial charge in [0, 0.05) is 72.4 Å². The van der Waals surface area contributed by atoms with Gasteiger partial charge >= 0.3 is 0 Å². The van der Waals surface area contributed by atoms with Crippen LogP contribution < -0.4 is 31.9 Å². The van der Waals surface area contributed by atoms with E-state index in [1.807, 2.05) is 0 Å². The Bertz CT molecular complexity index is 685. The van der Waals surface area contributed by atoms with Gasteiger partial charge in [-0.05, 0) is 102 Å². The number of carbonyl (C=O) groups is 1. The fourth-order valence-corrected chi connectivity index (χ4v) is 5.23. The van der Waals surface area contributed by atoms with E-state index in [2.05, 4.69) is 66.0 Å². The molecule has 2 fully saturated rings. The summed E-state index contributed by atoms with van der Waals surface area (Å²) in [4.78, 5) is 14.3. The molecule has 2 aliphatic heterocycles. The third-order valence-electron chi connectivity index (χ3n) is 7.69. The Hall–Kier alpha value is -1.15. The Labute approximate surface area is 272 Å². The van der Waals surface area contributed by atoms with Crippen LogP contribution in [-0.4, -0.2) is 139 Å². The largest absolute Gasteiger partial charge is 0.481 e. The minimum absolute atomic E-state index is 0. The van der Waals surface area contributed by atoms with Gasteiger partial charge in [0.05, 0.1) is 0 Å². The van der Waals surface area contributed by atoms with Gasteiger partial charge in [-0.1, -0.05) is 24.3 Å². The highest BCUT2D eigenvalue weighted by Crippen LogP contribution is 2.08. The lowest BCUT2D eigenvalue weighted by Crippen LogP contribution is -2.37. The average molecular weight is 672 g/mol. The molecule has 0 saturated carbocycles. The minimum Gasteiger partial charge on any atom is -0.481 e. The summed E-state index contributed by atoms with van der Waals surface area (Å²) in [6, 6.07) is 9.48. The van der Waals surface area contributed by atoms with Crippen LogP contribution in [0.3, 0.4) is 0 Å². The summed E-state index contributed by atoms with van der Waals surface area (Å²) < 4.78 is 0. The van der Waals surface area contributed by atoms with Gasteiger partial charge in [0.1, 0.15) is 0 Å². The van der Waals surface area contributed by atoms with E-state index in [9.17, 15) is 0 Å². The third kappa shape index (κ3) is 23.8. The van der Waals surface area contributed by atoms with Crippen molar-refractivity contribution in [1.29, 1.82) is 0 Å². The normalized spacial score (nSPS) is 20.3. The number of nitrogens with one attached hydrogen (secondary N) is 6. The average Bonchev–Trinajstić information content (AvgIpc) is 2.98. The van der Waals surface area contributed by atoms with E-state index in [0.717, 1.165) is 124 Å². The second-order valence-corrected chi connectivity index (χ2v) is 11.4. The molecule has 10 nitrogen and oxygen atoms in total. The van der Waals surface area contributed by atoms with E-state index >= 15 is 0 Å². The second kappa shape index (κ2) is 28.3. The highest BCUT2D eigenvalue weighted by Gasteiger charge is 2.08. The molecular formula is C32H63BrN8O2. The lowest BCUT2D eigenvalue weighted by atomic mass is 10.1. The van der Waals surface area contributed by atoms with Gasteiger partial charge in [0.15, 0.2) is 0 Å². The molecule has 7 N–H and O–H groups in total. The number of benzene rings is 1. The Morgan fingerprint density at radius 1 is 0.558 bits per heavy atom. The van der Waals surface area contributed by atoms with Crippen molar-refractivity contribution in [2.24, 2.45) is 0 Å². The first-order valence-corrected chi connectivity index (χ1v) is 16.6. The van der Waals surface area contributed by atoms with Gasteiger partial charge in [-0.15, -0.1) is 17.0 Å². The summed E-state index contributed by atoms with van der Waals surface area (Å²) in [7, 11) is 0. The van der Waals surface area contributed by atoms with Crippen molar-refractivity contribution >= 4 is 23.0 Å². The van der Waals surface area contributed by atoms with Crippen LogP contribution in [0.1, 0.15) is 43.7 Å². The van der Waals surface area contributed by atoms with Gasteiger partial charge in [-0.25, -0.2) is 0 Å². The summed E-state index contributed by atoms with van der Waals surface area (Å²) in [6.07, 6.45) is 7.12. The van der Waals surface area contributed by atoms with Gasteiger partial charge < -0.3 is 46.8 Å². The first-order valence-electron chi connectivity index (χ1n) is 16.6. The van der Waals surface area contributed by atoms with Crippen molar-refractivity contribution < 1.29 is 9.90 Å². The van der Waals surface area contributed by atoms with Crippen LogP contribution in [0.4, 0.5) is 0 Å². The molecule has 0 atom stereocenters. The van der Waals surface area contributed by atoms with E-state index < -0.39 is 5.97 Å². The van der Waals surface area contributed by atoms with E-state index in [1.165, 1.54) is 49.9 Å². The molecule has 0 aromatic heterocycles. The Morgan fingerprint density at radius 3 is 1.21 bits per heavy atom. The van der Waals surface area contributed by atoms with Crippen LogP contribution in [-0.2, 0) is 17.6 Å². The number of hydrogen-bond acceptors (Lipinski definition) is 9. The van der Waals surface area contributed by atoms with Crippen molar-refractivity contribution in [2.45, 2.75) is 45.4 Å². The summed E-state index contributed by atoms with van der Waals surface area (Å²) >= 11 is 0. The SMILES string of the molecule is Br.CC(=O)O.c1cc(CCN2CCCNCCNCCCNCC2)ccc1CCN1CCCNCCNCCCNCC1. The molecule has 0 aliphatic carbocycles. The Morgan fingerprint density at radius 2 is 0.860 bits per heavy atom. The zero-order valence-corrected chi connectivity index (χ0v) is 28.7. The molecule has 0 radical (unpaired) electrons. The maximum atomic E-state index is 9.00. The summed E-state index contributed by atoms with van der Waals surface area (Å²) in [6.45, 7) is 21.2. The molecule has 2 aliphatic rings. The van der Waals surface area contributed by atoms with E-state index in [4.69, 9.17) is 9.90 Å². The van der Waals surface area contributed by atoms with E-state index in [0.29, 0.717) is 0 Å². The topological polar surface area (TPSA) is 116 Å². The molecule has 1 aromatic carbocycles. The van der Waals surface area contributed by atoms with Crippen LogP contribution in [0.15, 0.2) is 24.3 Å². The fraction of sp³-hybridized carbons (Fsp3) is 0.781. The van der Waals surface area contributed by atoms with Gasteiger partial charge in [0.25, 0.3) is 5.97 Å². The highest BCUT2D eigenvalue weighted by molar-refractivity contribution is 8.93. The molecule has 0 bridgehead atoms. The first kappa shape index (κ1) is 39.9. The van der Waals surface area contributed by atoms with Crippen LogP contribution >= 0.6 is 17.0 Å². The Balaban J connectivity index is 0.00000174. The summed E-state index contributed by atoms with van der Waals surface area (Å²) in [5, 5.41) is 28.9. The highest BCUT2D eigenvalue weighted by atomic mass is 79.9. The standard InChI is InChI=1S/C30H58N8.C2H4O2.BrH/c1-11-31-17-19-33-15-3-23-37(27-21-35-13-1)25-9-29-5-7-30(8-6-29)10-26-38-24-4-16-34-20-18-32-12-2-14-36-22-28-38;1-2(3)4;/h5-8,31-36H,1-4,9-28H2;1H3,(H,3,4);1H. The van der Waals surface area contributed by atoms with Crippen molar-refractivity contribution in [3.63, 3.8) is 0 Å². The lowest BCUT2D eigenvalue weighted by molar-refractivity contribution is -0.134. The molecule has 43 heavy (non-hydrogen) atoms. The van der Waals surface area contributed by atoms with Crippen molar-refractivity contribution in [3.8, 4) is 0 Å². The van der Waals surface area contributed by atoms with Crippen LogP contribution in [0.2, 0.25) is 0 Å². The first-order chi connectivity index (χ1) is 20.6. The van der Waals surface area contributed by atoms with Gasteiger partial charge in [-0.3, -0.25) is 4.79 Å². The number of carboxylic acids is 1. The van der Waals surface area contributed by atoms with Crippen LogP contribution in [0.5, 0.6) is 0 Å². The molecular weight excluding hydrogens is 608 g/mol. The number of carboxylic acid groups (broad SMARTS) is 1. The molecule has 1 aromatic rings. The van der Waals surface area contributed by atoms with Crippen LogP contribution in [0.25, 0.3) is 0 Å². The minimum atomic E-state index is -0.833. The maximum Gasteiger partial charge on any atom is 0.300 e. The predicted molar refractivity (Wildman–Crippen MR) is 186 cm³/mol. The smallest absolute Gasteiger partial charge is 0.300 e. The molecule has 3 rings (SSSR count). The van der Waals surface area contributed by atoms with E-state index in [1.54, 1.807) is 0 Å². The molecule has 2 heterocycles. The molecule has 250 valence electrons. The molecule has 0 unspecified atom stereocenters. The Kier molecular flexibility index (Phi) is 26.3. The molecule has 0 amide bonds. The second-order valence-electron chi connectivity index (χ2n) is 11.4. The molecule has 11 heteroatoms. The van der Waals surface area contributed by atoms with Gasteiger partial charge in [-0.2, -0.15) is 0 Å². The summed E-state index contributed by atoms with van der Waals surface area (Å²) in [5.41, 5.74) is 2.93. The molecule has 0 spiro atoms. The van der Waals surface area contributed by atoms with Gasteiger partial charge in [0.2, 0.25) is 0 Å².